The summed E-state index contributed by atoms with van der Waals surface area (Å²) < 4.78 is 0. The van der Waals surface area contributed by atoms with Crippen LogP contribution < -0.4 is 0 Å². The molecule has 0 radical (unpaired) electrons. The Labute approximate surface area is 126 Å². The third-order valence-corrected chi connectivity index (χ3v) is 3.05. The van der Waals surface area contributed by atoms with E-state index < -0.39 is 5.97 Å². The second kappa shape index (κ2) is 6.81. The van der Waals surface area contributed by atoms with E-state index in [1.54, 1.807) is 36.4 Å². The summed E-state index contributed by atoms with van der Waals surface area (Å²) >= 11 is 5.76. The van der Waals surface area contributed by atoms with E-state index in [9.17, 15) is 9.59 Å². The first-order valence-electron chi connectivity index (χ1n) is 6.21. The van der Waals surface area contributed by atoms with Crippen molar-refractivity contribution >= 4 is 35.3 Å². The lowest BCUT2D eigenvalue weighted by molar-refractivity contribution is 0.0696. The van der Waals surface area contributed by atoms with Crippen molar-refractivity contribution in [2.75, 3.05) is 0 Å². The van der Waals surface area contributed by atoms with Gasteiger partial charge in [0.15, 0.2) is 5.78 Å². The number of benzene rings is 2. The average molecular weight is 302 g/mol. The molecule has 0 spiro atoms. The molecule has 21 heavy (non-hydrogen) atoms. The molecule has 106 valence electrons. The summed E-state index contributed by atoms with van der Waals surface area (Å²) in [6, 6.07) is 12.8. The van der Waals surface area contributed by atoms with Crippen LogP contribution in [-0.2, 0) is 0 Å². The van der Waals surface area contributed by atoms with Crippen LogP contribution in [0.2, 0.25) is 5.02 Å². The Kier molecular flexibility index (Phi) is 4.85. The second-order valence-corrected chi connectivity index (χ2v) is 4.73. The predicted octanol–water partition coefficient (Wildman–Crippen LogP) is 4.01. The van der Waals surface area contributed by atoms with E-state index in [0.29, 0.717) is 16.3 Å². The highest BCUT2D eigenvalue weighted by molar-refractivity contribution is 6.30. The van der Waals surface area contributed by atoms with Crippen molar-refractivity contribution in [2.45, 2.75) is 6.42 Å². The van der Waals surface area contributed by atoms with Crippen molar-refractivity contribution in [1.82, 2.24) is 0 Å². The first-order valence-corrected chi connectivity index (χ1v) is 6.59. The van der Waals surface area contributed by atoms with Crippen LogP contribution in [0.1, 0.15) is 27.1 Å². The van der Waals surface area contributed by atoms with Gasteiger partial charge in [0.25, 0.3) is 0 Å². The van der Waals surface area contributed by atoms with Crippen LogP contribution in [0.4, 0.5) is 5.69 Å². The molecule has 0 saturated carbocycles. The molecule has 0 heterocycles. The number of carbonyl (C=O) groups excluding carboxylic acids is 1. The number of hydrogen-bond donors (Lipinski definition) is 1. The van der Waals surface area contributed by atoms with E-state index in [2.05, 4.69) is 4.99 Å². The fourth-order valence-corrected chi connectivity index (χ4v) is 1.80. The first kappa shape index (κ1) is 14.9. The number of ketones is 1. The van der Waals surface area contributed by atoms with E-state index in [0.717, 1.165) is 0 Å². The van der Waals surface area contributed by atoms with Gasteiger partial charge in [0.1, 0.15) is 0 Å². The van der Waals surface area contributed by atoms with E-state index >= 15 is 0 Å². The van der Waals surface area contributed by atoms with Gasteiger partial charge in [-0.3, -0.25) is 9.79 Å². The lowest BCUT2D eigenvalue weighted by Crippen LogP contribution is -1.98. The molecular formula is C16H12ClNO3. The zero-order valence-corrected chi connectivity index (χ0v) is 11.7. The number of rotatable bonds is 5. The van der Waals surface area contributed by atoms with E-state index in [1.807, 2.05) is 0 Å². The number of carboxylic acid groups (broad SMARTS) is 1. The van der Waals surface area contributed by atoms with Crippen molar-refractivity contribution in [3.63, 3.8) is 0 Å². The molecule has 1 N–H and O–H groups in total. The summed E-state index contributed by atoms with van der Waals surface area (Å²) in [5.74, 6) is -1.04. The highest BCUT2D eigenvalue weighted by Gasteiger charge is 2.04. The quantitative estimate of drug-likeness (QED) is 0.670. The standard InChI is InChI=1S/C16H12ClNO3/c17-13-5-1-11(2-6-13)15(19)9-10-18-14-7-3-12(4-8-14)16(20)21/h1-8,10H,9H2,(H,20,21). The molecule has 2 aromatic carbocycles. The molecule has 0 saturated heterocycles. The van der Waals surface area contributed by atoms with E-state index in [-0.39, 0.29) is 17.8 Å². The Morgan fingerprint density at radius 2 is 1.57 bits per heavy atom. The van der Waals surface area contributed by atoms with Crippen LogP contribution in [0.3, 0.4) is 0 Å². The molecule has 0 bridgehead atoms. The number of carbonyl (C=O) groups is 2. The van der Waals surface area contributed by atoms with Gasteiger partial charge in [0, 0.05) is 23.2 Å². The van der Waals surface area contributed by atoms with Gasteiger partial charge in [-0.2, -0.15) is 0 Å². The Hall–Kier alpha value is -2.46. The maximum absolute atomic E-state index is 11.9. The summed E-state index contributed by atoms with van der Waals surface area (Å²) in [5.41, 5.74) is 1.38. The molecule has 0 aliphatic heterocycles. The van der Waals surface area contributed by atoms with Crippen LogP contribution in [0.5, 0.6) is 0 Å². The van der Waals surface area contributed by atoms with Crippen molar-refractivity contribution in [3.8, 4) is 0 Å². The summed E-state index contributed by atoms with van der Waals surface area (Å²) in [4.78, 5) is 26.7. The molecule has 0 aliphatic carbocycles. The zero-order valence-electron chi connectivity index (χ0n) is 11.0. The van der Waals surface area contributed by atoms with Crippen LogP contribution in [0, 0.1) is 0 Å². The Morgan fingerprint density at radius 1 is 1.00 bits per heavy atom. The number of carboxylic acids is 1. The maximum atomic E-state index is 11.9. The number of hydrogen-bond acceptors (Lipinski definition) is 3. The first-order chi connectivity index (χ1) is 10.1. The van der Waals surface area contributed by atoms with Crippen LogP contribution in [0.15, 0.2) is 53.5 Å². The predicted molar refractivity (Wildman–Crippen MR) is 82.0 cm³/mol. The molecule has 0 atom stereocenters. The maximum Gasteiger partial charge on any atom is 0.335 e. The van der Waals surface area contributed by atoms with Gasteiger partial charge in [-0.1, -0.05) is 11.6 Å². The lowest BCUT2D eigenvalue weighted by atomic mass is 10.1. The Morgan fingerprint density at radius 3 is 2.14 bits per heavy atom. The molecule has 0 unspecified atom stereocenters. The number of nitrogens with zero attached hydrogens (tertiary/aromatic N) is 1. The fraction of sp³-hybridized carbons (Fsp3) is 0.0625. The summed E-state index contributed by atoms with van der Waals surface area (Å²) in [6.45, 7) is 0. The van der Waals surface area contributed by atoms with E-state index in [1.165, 1.54) is 18.3 Å². The van der Waals surface area contributed by atoms with Gasteiger partial charge in [0.05, 0.1) is 11.3 Å². The number of Topliss-reactive ketones (excluding diaryl/α,β-unsaturated/α-hetero) is 1. The van der Waals surface area contributed by atoms with Crippen molar-refractivity contribution in [3.05, 3.63) is 64.7 Å². The molecule has 2 aromatic rings. The van der Waals surface area contributed by atoms with Crippen LogP contribution >= 0.6 is 11.6 Å². The summed E-state index contributed by atoms with van der Waals surface area (Å²) in [6.07, 6.45) is 1.68. The van der Waals surface area contributed by atoms with Gasteiger partial charge in [-0.25, -0.2) is 4.79 Å². The molecule has 2 rings (SSSR count). The Bertz CT molecular complexity index is 676. The van der Waals surface area contributed by atoms with Crippen molar-refractivity contribution in [2.24, 2.45) is 4.99 Å². The Balaban J connectivity index is 1.97. The average Bonchev–Trinajstić information content (AvgIpc) is 2.48. The van der Waals surface area contributed by atoms with Crippen molar-refractivity contribution in [1.29, 1.82) is 0 Å². The molecule has 0 aromatic heterocycles. The monoisotopic (exact) mass is 301 g/mol. The van der Waals surface area contributed by atoms with E-state index in [4.69, 9.17) is 16.7 Å². The number of aromatic carboxylic acids is 1. The van der Waals surface area contributed by atoms with Gasteiger partial charge in [0.2, 0.25) is 0 Å². The van der Waals surface area contributed by atoms with Crippen molar-refractivity contribution < 1.29 is 14.7 Å². The molecule has 0 aliphatic rings. The SMILES string of the molecule is O=C(O)c1ccc(N=CCC(=O)c2ccc(Cl)cc2)cc1. The normalized spacial score (nSPS) is 10.7. The minimum Gasteiger partial charge on any atom is -0.478 e. The smallest absolute Gasteiger partial charge is 0.335 e. The van der Waals surface area contributed by atoms with Gasteiger partial charge in [-0.05, 0) is 48.5 Å². The third kappa shape index (κ3) is 4.26. The summed E-state index contributed by atoms with van der Waals surface area (Å²) in [7, 11) is 0. The minimum atomic E-state index is -0.983. The van der Waals surface area contributed by atoms with Crippen LogP contribution in [-0.4, -0.2) is 23.1 Å². The number of aliphatic imine (C=N–C) groups is 1. The third-order valence-electron chi connectivity index (χ3n) is 2.80. The minimum absolute atomic E-state index is 0.0578. The fourth-order valence-electron chi connectivity index (χ4n) is 1.68. The van der Waals surface area contributed by atoms with Gasteiger partial charge < -0.3 is 5.11 Å². The van der Waals surface area contributed by atoms with Gasteiger partial charge >= 0.3 is 5.97 Å². The molecular weight excluding hydrogens is 290 g/mol. The highest BCUT2D eigenvalue weighted by Crippen LogP contribution is 2.14. The second-order valence-electron chi connectivity index (χ2n) is 4.30. The molecule has 4 nitrogen and oxygen atoms in total. The molecule has 0 amide bonds. The van der Waals surface area contributed by atoms with Gasteiger partial charge in [-0.15, -0.1) is 0 Å². The summed E-state index contributed by atoms with van der Waals surface area (Å²) in [5, 5.41) is 9.36. The topological polar surface area (TPSA) is 66.7 Å². The largest absolute Gasteiger partial charge is 0.478 e. The lowest BCUT2D eigenvalue weighted by Gasteiger charge is -1.98. The molecule has 5 heteroatoms. The zero-order chi connectivity index (χ0) is 15.2. The molecule has 0 fully saturated rings. The highest BCUT2D eigenvalue weighted by atomic mass is 35.5. The number of halogens is 1. The van der Waals surface area contributed by atoms with Crippen LogP contribution in [0.25, 0.3) is 0 Å².